The average molecular weight is 372 g/mol. The van der Waals surface area contributed by atoms with Gasteiger partial charge in [0.25, 0.3) is 0 Å². The molecule has 130 valence electrons. The van der Waals surface area contributed by atoms with Gasteiger partial charge in [0.2, 0.25) is 10.0 Å². The second-order valence-electron chi connectivity index (χ2n) is 6.16. The Bertz CT molecular complexity index is 866. The Labute approximate surface area is 146 Å². The van der Waals surface area contributed by atoms with Gasteiger partial charge in [0.15, 0.2) is 0 Å². The molecule has 8 heteroatoms. The molecule has 1 aromatic heterocycles. The third kappa shape index (κ3) is 3.48. The Hall–Kier alpha value is -1.44. The van der Waals surface area contributed by atoms with Crippen molar-refractivity contribution in [2.75, 3.05) is 13.1 Å². The van der Waals surface area contributed by atoms with Crippen molar-refractivity contribution in [3.63, 3.8) is 0 Å². The first-order chi connectivity index (χ1) is 11.3. The number of rotatable bonds is 4. The van der Waals surface area contributed by atoms with Crippen LogP contribution in [0.25, 0.3) is 0 Å². The van der Waals surface area contributed by atoms with Gasteiger partial charge in [0.05, 0.1) is 17.5 Å². The number of aromatic nitrogens is 2. The van der Waals surface area contributed by atoms with Crippen LogP contribution >= 0.6 is 11.6 Å². The highest BCUT2D eigenvalue weighted by molar-refractivity contribution is 7.88. The smallest absolute Gasteiger partial charge is 0.218 e. The molecule has 3 rings (SSSR count). The lowest BCUT2D eigenvalue weighted by molar-refractivity contribution is 0.428. The second kappa shape index (κ2) is 6.46. The fourth-order valence-electron chi connectivity index (χ4n) is 3.11. The maximum Gasteiger partial charge on any atom is 0.218 e. The van der Waals surface area contributed by atoms with E-state index in [2.05, 4.69) is 5.10 Å². The normalized spacial score (nSPS) is 19.1. The van der Waals surface area contributed by atoms with Gasteiger partial charge in [-0.15, -0.1) is 0 Å². The molecule has 1 aliphatic heterocycles. The van der Waals surface area contributed by atoms with Gasteiger partial charge in [0, 0.05) is 29.4 Å². The van der Waals surface area contributed by atoms with Crippen molar-refractivity contribution in [2.45, 2.75) is 32.1 Å². The summed E-state index contributed by atoms with van der Waals surface area (Å²) in [7, 11) is -3.59. The lowest BCUT2D eigenvalue weighted by Crippen LogP contribution is -2.31. The number of aryl methyl sites for hydroxylation is 2. The third-order valence-corrected chi connectivity index (χ3v) is 6.29. The number of hydrogen-bond acceptors (Lipinski definition) is 3. The van der Waals surface area contributed by atoms with E-state index in [0.717, 1.165) is 17.5 Å². The molecule has 2 heterocycles. The summed E-state index contributed by atoms with van der Waals surface area (Å²) in [5.41, 5.74) is 2.06. The predicted molar refractivity (Wildman–Crippen MR) is 91.0 cm³/mol. The second-order valence-corrected chi connectivity index (χ2v) is 8.57. The van der Waals surface area contributed by atoms with Crippen LogP contribution in [-0.4, -0.2) is 35.6 Å². The molecule has 0 bridgehead atoms. The number of halogens is 2. The van der Waals surface area contributed by atoms with E-state index < -0.39 is 15.8 Å². The van der Waals surface area contributed by atoms with Crippen molar-refractivity contribution in [3.8, 4) is 0 Å². The minimum absolute atomic E-state index is 0.0172. The van der Waals surface area contributed by atoms with Crippen molar-refractivity contribution < 1.29 is 12.8 Å². The van der Waals surface area contributed by atoms with Crippen LogP contribution in [0.15, 0.2) is 24.3 Å². The summed E-state index contributed by atoms with van der Waals surface area (Å²) in [6.45, 7) is 4.65. The van der Waals surface area contributed by atoms with Crippen LogP contribution in [0.5, 0.6) is 0 Å². The molecule has 0 saturated carbocycles. The summed E-state index contributed by atoms with van der Waals surface area (Å²) in [5, 5.41) is 4.69. The van der Waals surface area contributed by atoms with Gasteiger partial charge < -0.3 is 0 Å². The van der Waals surface area contributed by atoms with E-state index >= 15 is 0 Å². The lowest BCUT2D eigenvalue weighted by Gasteiger charge is -2.17. The van der Waals surface area contributed by atoms with Gasteiger partial charge in [-0.2, -0.15) is 9.40 Å². The molecule has 24 heavy (non-hydrogen) atoms. The molecule has 1 atom stereocenters. The monoisotopic (exact) mass is 371 g/mol. The van der Waals surface area contributed by atoms with Gasteiger partial charge >= 0.3 is 0 Å². The quantitative estimate of drug-likeness (QED) is 0.830. The molecule has 1 aromatic carbocycles. The van der Waals surface area contributed by atoms with E-state index in [-0.39, 0.29) is 22.4 Å². The zero-order chi connectivity index (χ0) is 17.5. The summed E-state index contributed by atoms with van der Waals surface area (Å²) in [6.07, 6.45) is 0.699. The summed E-state index contributed by atoms with van der Waals surface area (Å²) in [4.78, 5) is 0. The molecular formula is C16H19ClFN3O2S. The molecule has 0 N–H and O–H groups in total. The zero-order valence-electron chi connectivity index (χ0n) is 13.5. The van der Waals surface area contributed by atoms with Gasteiger partial charge in [-0.1, -0.05) is 17.7 Å². The number of nitrogens with zero attached hydrogens (tertiary/aromatic N) is 3. The van der Waals surface area contributed by atoms with Crippen molar-refractivity contribution in [1.82, 2.24) is 14.1 Å². The molecule has 0 spiro atoms. The molecule has 1 aliphatic rings. The Kier molecular flexibility index (Phi) is 4.68. The zero-order valence-corrected chi connectivity index (χ0v) is 15.1. The highest BCUT2D eigenvalue weighted by Gasteiger charge is 2.33. The Morgan fingerprint density at radius 3 is 2.71 bits per heavy atom. The molecule has 2 aromatic rings. The van der Waals surface area contributed by atoms with Crippen LogP contribution < -0.4 is 0 Å². The first-order valence-corrected chi connectivity index (χ1v) is 9.69. The van der Waals surface area contributed by atoms with Gasteiger partial charge in [0.1, 0.15) is 5.82 Å². The van der Waals surface area contributed by atoms with E-state index in [1.54, 1.807) is 0 Å². The highest BCUT2D eigenvalue weighted by Crippen LogP contribution is 2.27. The van der Waals surface area contributed by atoms with Gasteiger partial charge in [-0.3, -0.25) is 4.68 Å². The summed E-state index contributed by atoms with van der Waals surface area (Å²) in [5.74, 6) is -0.958. The summed E-state index contributed by atoms with van der Waals surface area (Å²) >= 11 is 5.71. The van der Waals surface area contributed by atoms with Crippen LogP contribution in [0.4, 0.5) is 4.39 Å². The largest absolute Gasteiger partial charge is 0.265 e. The highest BCUT2D eigenvalue weighted by atomic mass is 35.5. The molecular weight excluding hydrogens is 353 g/mol. The summed E-state index contributed by atoms with van der Waals surface area (Å²) < 4.78 is 42.4. The predicted octanol–water partition coefficient (Wildman–Crippen LogP) is 3.07. The molecule has 1 saturated heterocycles. The minimum Gasteiger partial charge on any atom is -0.265 e. The molecule has 0 amide bonds. The third-order valence-electron chi connectivity index (χ3n) is 4.26. The van der Waals surface area contributed by atoms with E-state index in [1.165, 1.54) is 16.4 Å². The first-order valence-electron chi connectivity index (χ1n) is 7.71. The lowest BCUT2D eigenvalue weighted by atomic mass is 10.2. The van der Waals surface area contributed by atoms with Crippen molar-refractivity contribution in [1.29, 1.82) is 0 Å². The average Bonchev–Trinajstić information content (AvgIpc) is 3.09. The number of sulfonamides is 1. The van der Waals surface area contributed by atoms with E-state index in [4.69, 9.17) is 11.6 Å². The van der Waals surface area contributed by atoms with E-state index in [1.807, 2.05) is 24.6 Å². The Morgan fingerprint density at radius 1 is 1.33 bits per heavy atom. The van der Waals surface area contributed by atoms with Crippen molar-refractivity contribution in [2.24, 2.45) is 0 Å². The number of hydrogen-bond donors (Lipinski definition) is 0. The van der Waals surface area contributed by atoms with E-state index in [0.29, 0.717) is 19.5 Å². The van der Waals surface area contributed by atoms with Crippen molar-refractivity contribution in [3.05, 3.63) is 52.1 Å². The topological polar surface area (TPSA) is 55.2 Å². The SMILES string of the molecule is Cc1cc(C)n(C2CCN(S(=O)(=O)Cc3ccc(Cl)cc3F)C2)n1. The van der Waals surface area contributed by atoms with Crippen LogP contribution in [0, 0.1) is 19.7 Å². The maximum atomic E-state index is 13.9. The Morgan fingerprint density at radius 2 is 2.08 bits per heavy atom. The molecule has 1 unspecified atom stereocenters. The van der Waals surface area contributed by atoms with Crippen molar-refractivity contribution >= 4 is 21.6 Å². The fourth-order valence-corrected chi connectivity index (χ4v) is 4.86. The first kappa shape index (κ1) is 17.4. The van der Waals surface area contributed by atoms with Crippen LogP contribution in [0.1, 0.15) is 29.4 Å². The standard InChI is InChI=1S/C16H19ClFN3O2S/c1-11-7-12(2)21(19-11)15-5-6-20(9-15)24(22,23)10-13-3-4-14(17)8-16(13)18/h3-4,7-8,15H,5-6,9-10H2,1-2H3. The molecule has 1 fully saturated rings. The van der Waals surface area contributed by atoms with E-state index in [9.17, 15) is 12.8 Å². The summed E-state index contributed by atoms with van der Waals surface area (Å²) in [6, 6.07) is 6.04. The van der Waals surface area contributed by atoms with Gasteiger partial charge in [-0.25, -0.2) is 12.8 Å². The Balaban J connectivity index is 1.75. The fraction of sp³-hybridized carbons (Fsp3) is 0.438. The minimum atomic E-state index is -3.59. The number of benzene rings is 1. The maximum absolute atomic E-state index is 13.9. The molecule has 5 nitrogen and oxygen atoms in total. The van der Waals surface area contributed by atoms with Crippen LogP contribution in [0.2, 0.25) is 5.02 Å². The molecule has 0 aliphatic carbocycles. The molecule has 0 radical (unpaired) electrons. The van der Waals surface area contributed by atoms with Crippen LogP contribution in [0.3, 0.4) is 0 Å². The van der Waals surface area contributed by atoms with Crippen LogP contribution in [-0.2, 0) is 15.8 Å². The van der Waals surface area contributed by atoms with Gasteiger partial charge in [-0.05, 0) is 38.5 Å².